The van der Waals surface area contributed by atoms with Gasteiger partial charge in [-0.25, -0.2) is 0 Å². The van der Waals surface area contributed by atoms with Crippen molar-refractivity contribution in [1.82, 2.24) is 9.80 Å². The van der Waals surface area contributed by atoms with Crippen LogP contribution in [0.5, 0.6) is 0 Å². The molecule has 2 heterocycles. The third kappa shape index (κ3) is 2.38. The second-order valence-electron chi connectivity index (χ2n) is 5.11. The first-order valence-electron chi connectivity index (χ1n) is 6.25. The van der Waals surface area contributed by atoms with Crippen LogP contribution in [0.25, 0.3) is 0 Å². The summed E-state index contributed by atoms with van der Waals surface area (Å²) in [4.78, 5) is 16.6. The lowest BCUT2D eigenvalue weighted by Crippen LogP contribution is -2.48. The lowest BCUT2D eigenvalue weighted by Gasteiger charge is -2.34. The molecule has 0 N–H and O–H groups in total. The molecule has 2 aliphatic heterocycles. The van der Waals surface area contributed by atoms with Crippen molar-refractivity contribution in [3.63, 3.8) is 0 Å². The summed E-state index contributed by atoms with van der Waals surface area (Å²) in [5, 5.41) is 0.676. The molecule has 0 radical (unpaired) electrons. The van der Waals surface area contributed by atoms with E-state index in [1.807, 2.05) is 16.7 Å². The normalized spacial score (nSPS) is 32.8. The monoisotopic (exact) mass is 242 g/mol. The molecule has 2 aliphatic rings. The molecule has 2 saturated heterocycles. The fourth-order valence-corrected chi connectivity index (χ4v) is 3.71. The van der Waals surface area contributed by atoms with Crippen LogP contribution in [0.3, 0.4) is 0 Å². The number of amides is 1. The van der Waals surface area contributed by atoms with Gasteiger partial charge in [-0.15, -0.1) is 0 Å². The number of carbonyl (C=O) groups excluding carboxylic acids is 1. The Labute approximate surface area is 103 Å². The molecule has 3 nitrogen and oxygen atoms in total. The highest BCUT2D eigenvalue weighted by Crippen LogP contribution is 2.25. The van der Waals surface area contributed by atoms with Crippen LogP contribution in [-0.4, -0.2) is 58.4 Å². The summed E-state index contributed by atoms with van der Waals surface area (Å²) in [5.41, 5.74) is 0. The average Bonchev–Trinajstić information content (AvgIpc) is 2.60. The third-order valence-electron chi connectivity index (χ3n) is 3.55. The maximum absolute atomic E-state index is 12.2. The van der Waals surface area contributed by atoms with Gasteiger partial charge in [0.05, 0.1) is 6.04 Å². The van der Waals surface area contributed by atoms with Gasteiger partial charge in [0, 0.05) is 36.7 Å². The van der Waals surface area contributed by atoms with Crippen molar-refractivity contribution in [2.24, 2.45) is 0 Å². The van der Waals surface area contributed by atoms with Crippen LogP contribution in [0, 0.1) is 0 Å². The number of likely N-dealkylation sites (tertiary alicyclic amines) is 1. The Morgan fingerprint density at radius 3 is 2.69 bits per heavy atom. The molecule has 2 unspecified atom stereocenters. The quantitative estimate of drug-likeness (QED) is 0.732. The lowest BCUT2D eigenvalue weighted by molar-refractivity contribution is -0.133. The van der Waals surface area contributed by atoms with E-state index in [-0.39, 0.29) is 6.04 Å². The van der Waals surface area contributed by atoms with E-state index in [2.05, 4.69) is 25.7 Å². The van der Waals surface area contributed by atoms with Crippen molar-refractivity contribution in [3.05, 3.63) is 0 Å². The smallest absolute Gasteiger partial charge is 0.240 e. The van der Waals surface area contributed by atoms with Crippen molar-refractivity contribution in [2.75, 3.05) is 25.4 Å². The summed E-state index contributed by atoms with van der Waals surface area (Å²) < 4.78 is 0. The SMILES string of the molecule is CC1CN(C2CCN(C(C)C)C2=O)CCS1. The number of thioether (sulfide) groups is 1. The Balaban J connectivity index is 1.98. The molecular weight excluding hydrogens is 220 g/mol. The van der Waals surface area contributed by atoms with Gasteiger partial charge < -0.3 is 4.90 Å². The van der Waals surface area contributed by atoms with Gasteiger partial charge >= 0.3 is 0 Å². The minimum Gasteiger partial charge on any atom is -0.339 e. The van der Waals surface area contributed by atoms with E-state index in [1.165, 1.54) is 5.75 Å². The maximum Gasteiger partial charge on any atom is 0.240 e. The summed E-state index contributed by atoms with van der Waals surface area (Å²) in [5.74, 6) is 1.53. The van der Waals surface area contributed by atoms with E-state index >= 15 is 0 Å². The van der Waals surface area contributed by atoms with Gasteiger partial charge in [0.2, 0.25) is 5.91 Å². The van der Waals surface area contributed by atoms with E-state index in [4.69, 9.17) is 0 Å². The third-order valence-corrected chi connectivity index (χ3v) is 4.68. The van der Waals surface area contributed by atoms with Crippen molar-refractivity contribution < 1.29 is 4.79 Å². The van der Waals surface area contributed by atoms with Gasteiger partial charge in [0.25, 0.3) is 0 Å². The molecule has 0 bridgehead atoms. The largest absolute Gasteiger partial charge is 0.339 e. The first kappa shape index (κ1) is 12.2. The maximum atomic E-state index is 12.2. The van der Waals surface area contributed by atoms with Crippen LogP contribution in [0.1, 0.15) is 27.2 Å². The molecule has 0 aromatic carbocycles. The van der Waals surface area contributed by atoms with Gasteiger partial charge in [-0.05, 0) is 20.3 Å². The fraction of sp³-hybridized carbons (Fsp3) is 0.917. The highest BCUT2D eigenvalue weighted by atomic mass is 32.2. The number of nitrogens with zero attached hydrogens (tertiary/aromatic N) is 2. The summed E-state index contributed by atoms with van der Waals surface area (Å²) in [6.45, 7) is 9.57. The van der Waals surface area contributed by atoms with E-state index < -0.39 is 0 Å². The Morgan fingerprint density at radius 1 is 1.38 bits per heavy atom. The van der Waals surface area contributed by atoms with Crippen molar-refractivity contribution in [1.29, 1.82) is 0 Å². The number of hydrogen-bond donors (Lipinski definition) is 0. The molecule has 16 heavy (non-hydrogen) atoms. The van der Waals surface area contributed by atoms with Crippen LogP contribution >= 0.6 is 11.8 Å². The molecule has 1 amide bonds. The van der Waals surface area contributed by atoms with Gasteiger partial charge in [-0.2, -0.15) is 11.8 Å². The summed E-state index contributed by atoms with van der Waals surface area (Å²) in [6, 6.07) is 0.528. The van der Waals surface area contributed by atoms with Gasteiger partial charge in [-0.1, -0.05) is 6.92 Å². The van der Waals surface area contributed by atoms with Crippen LogP contribution in [-0.2, 0) is 4.79 Å². The minimum absolute atomic E-state index is 0.172. The minimum atomic E-state index is 0.172. The molecule has 0 saturated carbocycles. The highest BCUT2D eigenvalue weighted by Gasteiger charge is 2.38. The molecule has 0 aromatic rings. The predicted molar refractivity (Wildman–Crippen MR) is 68.7 cm³/mol. The van der Waals surface area contributed by atoms with Gasteiger partial charge in [-0.3, -0.25) is 9.69 Å². The zero-order valence-corrected chi connectivity index (χ0v) is 11.3. The molecule has 2 atom stereocenters. The van der Waals surface area contributed by atoms with Crippen molar-refractivity contribution in [2.45, 2.75) is 44.5 Å². The number of hydrogen-bond acceptors (Lipinski definition) is 3. The average molecular weight is 242 g/mol. The summed E-state index contributed by atoms with van der Waals surface area (Å²) in [6.07, 6.45) is 1.02. The van der Waals surface area contributed by atoms with Gasteiger partial charge in [0.1, 0.15) is 0 Å². The number of rotatable bonds is 2. The van der Waals surface area contributed by atoms with E-state index in [1.54, 1.807) is 0 Å². The Kier molecular flexibility index (Phi) is 3.80. The van der Waals surface area contributed by atoms with Crippen molar-refractivity contribution >= 4 is 17.7 Å². The zero-order valence-electron chi connectivity index (χ0n) is 10.5. The molecule has 2 fully saturated rings. The van der Waals surface area contributed by atoms with Gasteiger partial charge in [0.15, 0.2) is 0 Å². The highest BCUT2D eigenvalue weighted by molar-refractivity contribution is 7.99. The zero-order chi connectivity index (χ0) is 11.7. The molecular formula is C12H22N2OS. The Hall–Kier alpha value is -0.220. The standard InChI is InChI=1S/C12H22N2OS/c1-9(2)14-5-4-11(12(14)15)13-6-7-16-10(3)8-13/h9-11H,4-8H2,1-3H3. The van der Waals surface area contributed by atoms with Crippen LogP contribution < -0.4 is 0 Å². The predicted octanol–water partition coefficient (Wildman–Crippen LogP) is 1.43. The van der Waals surface area contributed by atoms with E-state index in [0.29, 0.717) is 17.2 Å². The van der Waals surface area contributed by atoms with E-state index in [9.17, 15) is 4.79 Å². The first-order valence-corrected chi connectivity index (χ1v) is 7.30. The molecule has 0 aromatic heterocycles. The Bertz CT molecular complexity index is 270. The van der Waals surface area contributed by atoms with Crippen LogP contribution in [0.15, 0.2) is 0 Å². The summed E-state index contributed by atoms with van der Waals surface area (Å²) in [7, 11) is 0. The molecule has 2 rings (SSSR count). The topological polar surface area (TPSA) is 23.6 Å². The fourth-order valence-electron chi connectivity index (χ4n) is 2.67. The molecule has 0 aliphatic carbocycles. The second kappa shape index (κ2) is 4.96. The second-order valence-corrected chi connectivity index (χ2v) is 6.65. The number of carbonyl (C=O) groups is 1. The first-order chi connectivity index (χ1) is 7.59. The van der Waals surface area contributed by atoms with E-state index in [0.717, 1.165) is 26.1 Å². The summed E-state index contributed by atoms with van der Waals surface area (Å²) >= 11 is 2.02. The molecule has 4 heteroatoms. The Morgan fingerprint density at radius 2 is 2.12 bits per heavy atom. The van der Waals surface area contributed by atoms with Crippen LogP contribution in [0.4, 0.5) is 0 Å². The van der Waals surface area contributed by atoms with Crippen molar-refractivity contribution in [3.8, 4) is 0 Å². The molecule has 92 valence electrons. The molecule has 0 spiro atoms. The van der Waals surface area contributed by atoms with Crippen LogP contribution in [0.2, 0.25) is 0 Å². The lowest BCUT2D eigenvalue weighted by atomic mass is 10.2.